The molecule has 0 radical (unpaired) electrons. The number of aromatic nitrogens is 1. The Balaban J connectivity index is 1.63. The number of hydrogen-bond acceptors (Lipinski definition) is 5. The van der Waals surface area contributed by atoms with E-state index >= 15 is 0 Å². The Morgan fingerprint density at radius 3 is 2.89 bits per heavy atom. The molecule has 1 aliphatic rings. The largest absolute Gasteiger partial charge is 0.493 e. The molecule has 1 atom stereocenters. The fourth-order valence-electron chi connectivity index (χ4n) is 3.42. The van der Waals surface area contributed by atoms with Crippen LogP contribution in [0.25, 0.3) is 0 Å². The summed E-state index contributed by atoms with van der Waals surface area (Å²) in [5, 5.41) is 5.84. The highest BCUT2D eigenvalue weighted by molar-refractivity contribution is 7.09. The van der Waals surface area contributed by atoms with Gasteiger partial charge in [-0.25, -0.2) is 4.98 Å². The number of benzene rings is 2. The summed E-state index contributed by atoms with van der Waals surface area (Å²) in [4.78, 5) is 17.3. The van der Waals surface area contributed by atoms with Crippen LogP contribution in [0.4, 0.5) is 0 Å². The summed E-state index contributed by atoms with van der Waals surface area (Å²) in [6, 6.07) is 15.9. The highest BCUT2D eigenvalue weighted by atomic mass is 32.1. The van der Waals surface area contributed by atoms with E-state index in [9.17, 15) is 4.79 Å². The van der Waals surface area contributed by atoms with Crippen molar-refractivity contribution in [2.45, 2.75) is 25.3 Å². The molecule has 0 saturated heterocycles. The van der Waals surface area contributed by atoms with Gasteiger partial charge in [-0.1, -0.05) is 36.4 Å². The number of amides is 1. The van der Waals surface area contributed by atoms with Crippen LogP contribution >= 0.6 is 11.3 Å². The molecule has 2 aromatic carbocycles. The predicted octanol–water partition coefficient (Wildman–Crippen LogP) is 3.49. The number of fused-ring (bicyclic) bond motifs is 1. The van der Waals surface area contributed by atoms with E-state index in [1.165, 1.54) is 16.9 Å². The first-order chi connectivity index (χ1) is 13.7. The normalized spacial score (nSPS) is 14.0. The van der Waals surface area contributed by atoms with Crippen LogP contribution in [-0.2, 0) is 12.8 Å². The van der Waals surface area contributed by atoms with E-state index in [-0.39, 0.29) is 11.9 Å². The average molecular weight is 394 g/mol. The van der Waals surface area contributed by atoms with Crippen LogP contribution in [0.15, 0.2) is 53.9 Å². The van der Waals surface area contributed by atoms with Crippen molar-refractivity contribution >= 4 is 17.2 Å². The van der Waals surface area contributed by atoms with E-state index < -0.39 is 0 Å². The number of carbonyl (C=O) groups excluding carboxylic acids is 1. The highest BCUT2D eigenvalue weighted by Gasteiger charge is 2.21. The Hall–Kier alpha value is -2.70. The van der Waals surface area contributed by atoms with Gasteiger partial charge in [-0.3, -0.25) is 4.79 Å². The zero-order valence-corrected chi connectivity index (χ0v) is 16.4. The lowest BCUT2D eigenvalue weighted by molar-refractivity contribution is 0.0938. The topological polar surface area (TPSA) is 77.2 Å². The van der Waals surface area contributed by atoms with Gasteiger partial charge in [0.15, 0.2) is 0 Å². The molecule has 28 heavy (non-hydrogen) atoms. The van der Waals surface area contributed by atoms with Gasteiger partial charge in [0, 0.05) is 11.8 Å². The number of nitrogens with zero attached hydrogens (tertiary/aromatic N) is 1. The summed E-state index contributed by atoms with van der Waals surface area (Å²) in [7, 11) is 0. The number of ether oxygens (including phenoxy) is 1. The second-order valence-corrected chi connectivity index (χ2v) is 7.74. The Morgan fingerprint density at radius 2 is 2.07 bits per heavy atom. The van der Waals surface area contributed by atoms with Crippen molar-refractivity contribution in [1.29, 1.82) is 0 Å². The molecule has 1 aliphatic heterocycles. The molecule has 0 spiro atoms. The number of thiazole rings is 1. The monoisotopic (exact) mass is 393 g/mol. The molecule has 6 heteroatoms. The molecule has 0 bridgehead atoms. The zero-order chi connectivity index (χ0) is 19.3. The van der Waals surface area contributed by atoms with Crippen molar-refractivity contribution in [3.8, 4) is 5.75 Å². The molecule has 4 rings (SSSR count). The van der Waals surface area contributed by atoms with Gasteiger partial charge in [-0.05, 0) is 48.2 Å². The molecule has 144 valence electrons. The summed E-state index contributed by atoms with van der Waals surface area (Å²) in [6.07, 6.45) is 2.69. The fourth-order valence-corrected chi connectivity index (χ4v) is 4.22. The van der Waals surface area contributed by atoms with Gasteiger partial charge in [0.25, 0.3) is 5.91 Å². The first kappa shape index (κ1) is 18.7. The van der Waals surface area contributed by atoms with Gasteiger partial charge in [-0.15, -0.1) is 11.3 Å². The van der Waals surface area contributed by atoms with Crippen LogP contribution in [0, 0.1) is 0 Å². The van der Waals surface area contributed by atoms with E-state index in [0.717, 1.165) is 41.3 Å². The smallest absolute Gasteiger partial charge is 0.271 e. The van der Waals surface area contributed by atoms with Gasteiger partial charge >= 0.3 is 0 Å². The van der Waals surface area contributed by atoms with Gasteiger partial charge in [0.2, 0.25) is 0 Å². The zero-order valence-electron chi connectivity index (χ0n) is 15.6. The van der Waals surface area contributed by atoms with Gasteiger partial charge in [-0.2, -0.15) is 0 Å². The van der Waals surface area contributed by atoms with Crippen molar-refractivity contribution in [3.05, 3.63) is 81.3 Å². The standard InChI is InChI=1S/C22H23N3O2S/c23-11-10-20-24-18(14-28-20)22(26)25-21(15-5-2-1-3-6-15)17-8-9-19-16(13-17)7-4-12-27-19/h1-3,5-6,8-9,13-14,21H,4,7,10-12,23H2,(H,25,26). The summed E-state index contributed by atoms with van der Waals surface area (Å²) in [6.45, 7) is 1.29. The Morgan fingerprint density at radius 1 is 1.21 bits per heavy atom. The number of nitrogens with two attached hydrogens (primary N) is 1. The van der Waals surface area contributed by atoms with E-state index in [4.69, 9.17) is 10.5 Å². The van der Waals surface area contributed by atoms with Crippen molar-refractivity contribution < 1.29 is 9.53 Å². The Labute approximate surface area is 168 Å². The summed E-state index contributed by atoms with van der Waals surface area (Å²) in [5.74, 6) is 0.765. The molecule has 5 nitrogen and oxygen atoms in total. The maximum Gasteiger partial charge on any atom is 0.271 e. The van der Waals surface area contributed by atoms with E-state index in [0.29, 0.717) is 18.7 Å². The minimum absolute atomic E-state index is 0.178. The molecule has 3 N–H and O–H groups in total. The number of rotatable bonds is 6. The Kier molecular flexibility index (Phi) is 5.69. The van der Waals surface area contributed by atoms with Gasteiger partial charge in [0.05, 0.1) is 17.7 Å². The van der Waals surface area contributed by atoms with Crippen molar-refractivity contribution in [3.63, 3.8) is 0 Å². The van der Waals surface area contributed by atoms with Crippen LogP contribution in [0.5, 0.6) is 5.75 Å². The lowest BCUT2D eigenvalue weighted by Crippen LogP contribution is -2.29. The quantitative estimate of drug-likeness (QED) is 0.672. The van der Waals surface area contributed by atoms with Crippen LogP contribution in [0.1, 0.15) is 44.6 Å². The third kappa shape index (κ3) is 4.08. The summed E-state index contributed by atoms with van der Waals surface area (Å²) < 4.78 is 5.73. The minimum atomic E-state index is -0.249. The maximum absolute atomic E-state index is 12.9. The van der Waals surface area contributed by atoms with Crippen LogP contribution in [-0.4, -0.2) is 24.0 Å². The lowest BCUT2D eigenvalue weighted by Gasteiger charge is -2.23. The number of hydrogen-bond donors (Lipinski definition) is 2. The molecular formula is C22H23N3O2S. The third-order valence-electron chi connectivity index (χ3n) is 4.82. The van der Waals surface area contributed by atoms with Gasteiger partial charge in [0.1, 0.15) is 11.4 Å². The van der Waals surface area contributed by atoms with E-state index in [2.05, 4.69) is 16.4 Å². The minimum Gasteiger partial charge on any atom is -0.493 e. The van der Waals surface area contributed by atoms with E-state index in [1.54, 1.807) is 5.38 Å². The van der Waals surface area contributed by atoms with Crippen molar-refractivity contribution in [2.75, 3.05) is 13.2 Å². The highest BCUT2D eigenvalue weighted by Crippen LogP contribution is 2.30. The third-order valence-corrected chi connectivity index (χ3v) is 5.73. The molecule has 0 aliphatic carbocycles. The molecule has 3 aromatic rings. The SMILES string of the molecule is NCCc1nc(C(=O)NC(c2ccccc2)c2ccc3c(c2)CCCO3)cs1. The van der Waals surface area contributed by atoms with Crippen LogP contribution in [0.3, 0.4) is 0 Å². The second kappa shape index (κ2) is 8.54. The molecular weight excluding hydrogens is 370 g/mol. The molecule has 0 fully saturated rings. The number of nitrogens with one attached hydrogen (secondary N) is 1. The lowest BCUT2D eigenvalue weighted by atomic mass is 9.94. The summed E-state index contributed by atoms with van der Waals surface area (Å²) >= 11 is 1.47. The van der Waals surface area contributed by atoms with Crippen LogP contribution in [0.2, 0.25) is 0 Å². The first-order valence-electron chi connectivity index (χ1n) is 9.50. The molecule has 1 unspecified atom stereocenters. The number of carbonyl (C=O) groups is 1. The summed E-state index contributed by atoms with van der Waals surface area (Å²) in [5.41, 5.74) is 9.30. The average Bonchev–Trinajstić information content (AvgIpc) is 3.21. The fraction of sp³-hybridized carbons (Fsp3) is 0.273. The predicted molar refractivity (Wildman–Crippen MR) is 111 cm³/mol. The first-order valence-corrected chi connectivity index (χ1v) is 10.4. The Bertz CT molecular complexity index is 955. The molecule has 1 amide bonds. The molecule has 2 heterocycles. The van der Waals surface area contributed by atoms with E-state index in [1.807, 2.05) is 42.5 Å². The van der Waals surface area contributed by atoms with Crippen molar-refractivity contribution in [2.24, 2.45) is 5.73 Å². The molecule has 1 aromatic heterocycles. The molecule has 0 saturated carbocycles. The number of aryl methyl sites for hydroxylation is 1. The van der Waals surface area contributed by atoms with Crippen molar-refractivity contribution in [1.82, 2.24) is 10.3 Å². The maximum atomic E-state index is 12.9. The van der Waals surface area contributed by atoms with Crippen LogP contribution < -0.4 is 15.8 Å². The van der Waals surface area contributed by atoms with Gasteiger partial charge < -0.3 is 15.8 Å². The second-order valence-electron chi connectivity index (χ2n) is 6.80.